The topological polar surface area (TPSA) is 79.9 Å². The summed E-state index contributed by atoms with van der Waals surface area (Å²) in [5, 5.41) is 5.42. The zero-order valence-electron chi connectivity index (χ0n) is 18.0. The highest BCUT2D eigenvalue weighted by atomic mass is 19.4. The summed E-state index contributed by atoms with van der Waals surface area (Å²) in [4.78, 5) is 28.5. The molecule has 0 bridgehead atoms. The zero-order chi connectivity index (χ0) is 24.3. The summed E-state index contributed by atoms with van der Waals surface area (Å²) in [7, 11) is 2.84. The van der Waals surface area contributed by atoms with E-state index in [-0.39, 0.29) is 22.6 Å². The van der Waals surface area contributed by atoms with Crippen LogP contribution < -0.4 is 25.0 Å². The second-order valence-corrected chi connectivity index (χ2v) is 7.74. The van der Waals surface area contributed by atoms with Crippen molar-refractivity contribution in [1.29, 1.82) is 0 Å². The molecule has 5 rings (SSSR count). The molecule has 1 unspecified atom stereocenters. The third-order valence-electron chi connectivity index (χ3n) is 5.97. The number of nitrogens with one attached hydrogen (secondary N) is 2. The Balaban J connectivity index is 1.83. The molecular formula is C24H18F3N3O4. The van der Waals surface area contributed by atoms with E-state index in [1.54, 1.807) is 30.3 Å². The molecule has 0 aliphatic carbocycles. The standard InChI is InChI=1S/C24H18F3N3O4/c1-33-13-10-11-18(19(12-13)34-2)30-21(31)14-6-3-4-9-17(14)29-23(30)15-7-5-8-16(24(25,26)27)20(15)28-22(23)32/h3-12,29H,1-2H3,(H,28,32). The van der Waals surface area contributed by atoms with Gasteiger partial charge in [-0.3, -0.25) is 14.5 Å². The second-order valence-electron chi connectivity index (χ2n) is 7.74. The normalized spacial score (nSPS) is 18.8. The summed E-state index contributed by atoms with van der Waals surface area (Å²) in [6.45, 7) is 0. The molecular weight excluding hydrogens is 451 g/mol. The highest BCUT2D eigenvalue weighted by Gasteiger charge is 2.59. The molecule has 0 radical (unpaired) electrons. The van der Waals surface area contributed by atoms with Gasteiger partial charge in [-0.25, -0.2) is 0 Å². The van der Waals surface area contributed by atoms with Crippen LogP contribution in [0.2, 0.25) is 0 Å². The van der Waals surface area contributed by atoms with E-state index in [4.69, 9.17) is 9.47 Å². The van der Waals surface area contributed by atoms with Crippen molar-refractivity contribution in [2.45, 2.75) is 11.8 Å². The van der Waals surface area contributed by atoms with Gasteiger partial charge in [0.1, 0.15) is 11.5 Å². The molecule has 3 aromatic carbocycles. The third-order valence-corrected chi connectivity index (χ3v) is 5.97. The van der Waals surface area contributed by atoms with Crippen molar-refractivity contribution in [3.05, 3.63) is 77.4 Å². The van der Waals surface area contributed by atoms with Crippen LogP contribution in [0, 0.1) is 0 Å². The fourth-order valence-corrected chi connectivity index (χ4v) is 4.46. The molecule has 0 fully saturated rings. The lowest BCUT2D eigenvalue weighted by molar-refractivity contribution is -0.136. The van der Waals surface area contributed by atoms with E-state index < -0.39 is 34.9 Å². The summed E-state index contributed by atoms with van der Waals surface area (Å²) in [6.07, 6.45) is -4.72. The van der Waals surface area contributed by atoms with Crippen molar-refractivity contribution in [2.75, 3.05) is 29.8 Å². The molecule has 2 N–H and O–H groups in total. The maximum Gasteiger partial charge on any atom is 0.418 e. The molecule has 0 aromatic heterocycles. The van der Waals surface area contributed by atoms with Crippen LogP contribution in [-0.4, -0.2) is 26.0 Å². The Kier molecular flexibility index (Phi) is 4.71. The predicted octanol–water partition coefficient (Wildman–Crippen LogP) is 4.60. The molecule has 10 heteroatoms. The van der Waals surface area contributed by atoms with Crippen LogP contribution in [0.5, 0.6) is 11.5 Å². The fraction of sp³-hybridized carbons (Fsp3) is 0.167. The van der Waals surface area contributed by atoms with E-state index in [0.29, 0.717) is 11.4 Å². The number of amides is 2. The molecule has 3 aromatic rings. The molecule has 2 heterocycles. The van der Waals surface area contributed by atoms with Crippen molar-refractivity contribution in [1.82, 2.24) is 0 Å². The number of halogens is 3. The van der Waals surface area contributed by atoms with Gasteiger partial charge in [0.05, 0.1) is 36.7 Å². The molecule has 34 heavy (non-hydrogen) atoms. The van der Waals surface area contributed by atoms with E-state index in [1.807, 2.05) is 0 Å². The van der Waals surface area contributed by atoms with E-state index in [0.717, 1.165) is 11.0 Å². The predicted molar refractivity (Wildman–Crippen MR) is 118 cm³/mol. The lowest BCUT2D eigenvalue weighted by atomic mass is 9.91. The Morgan fingerprint density at radius 2 is 1.71 bits per heavy atom. The van der Waals surface area contributed by atoms with Gasteiger partial charge in [-0.05, 0) is 30.3 Å². The summed E-state index contributed by atoms with van der Waals surface area (Å²) >= 11 is 0. The van der Waals surface area contributed by atoms with Crippen LogP contribution in [0.4, 0.5) is 30.2 Å². The number of para-hydroxylation sites is 2. The lowest BCUT2D eigenvalue weighted by Gasteiger charge is -2.44. The van der Waals surface area contributed by atoms with Gasteiger partial charge in [0.15, 0.2) is 0 Å². The molecule has 174 valence electrons. The maximum atomic E-state index is 13.8. The van der Waals surface area contributed by atoms with Crippen LogP contribution >= 0.6 is 0 Å². The molecule has 2 amide bonds. The number of carbonyl (C=O) groups excluding carboxylic acids is 2. The number of alkyl halides is 3. The first-order valence-corrected chi connectivity index (χ1v) is 10.2. The van der Waals surface area contributed by atoms with Crippen molar-refractivity contribution in [3.63, 3.8) is 0 Å². The maximum absolute atomic E-state index is 13.8. The second kappa shape index (κ2) is 7.41. The average molecular weight is 469 g/mol. The number of hydrogen-bond acceptors (Lipinski definition) is 5. The number of hydrogen-bond donors (Lipinski definition) is 2. The first-order chi connectivity index (χ1) is 16.2. The molecule has 2 aliphatic rings. The van der Waals surface area contributed by atoms with Gasteiger partial charge in [0, 0.05) is 17.3 Å². The van der Waals surface area contributed by atoms with Crippen LogP contribution in [0.15, 0.2) is 60.7 Å². The Morgan fingerprint density at radius 1 is 0.941 bits per heavy atom. The minimum absolute atomic E-state index is 0.0342. The molecule has 0 saturated carbocycles. The van der Waals surface area contributed by atoms with E-state index in [1.165, 1.54) is 38.5 Å². The summed E-state index contributed by atoms with van der Waals surface area (Å²) in [6, 6.07) is 14.6. The van der Waals surface area contributed by atoms with E-state index in [9.17, 15) is 22.8 Å². The highest BCUT2D eigenvalue weighted by Crippen LogP contribution is 2.52. The van der Waals surface area contributed by atoms with Crippen LogP contribution in [0.3, 0.4) is 0 Å². The van der Waals surface area contributed by atoms with E-state index in [2.05, 4.69) is 10.6 Å². The lowest BCUT2D eigenvalue weighted by Crippen LogP contribution is -2.61. The Labute approximate surface area is 192 Å². The number of methoxy groups -OCH3 is 2. The first kappa shape index (κ1) is 21.6. The van der Waals surface area contributed by atoms with Crippen LogP contribution in [0.1, 0.15) is 21.5 Å². The first-order valence-electron chi connectivity index (χ1n) is 10.2. The van der Waals surface area contributed by atoms with Crippen molar-refractivity contribution in [2.24, 2.45) is 0 Å². The Morgan fingerprint density at radius 3 is 2.41 bits per heavy atom. The van der Waals surface area contributed by atoms with Crippen LogP contribution in [0.25, 0.3) is 0 Å². The fourth-order valence-electron chi connectivity index (χ4n) is 4.46. The largest absolute Gasteiger partial charge is 0.497 e. The van der Waals surface area contributed by atoms with Crippen molar-refractivity contribution in [3.8, 4) is 11.5 Å². The zero-order valence-corrected chi connectivity index (χ0v) is 18.0. The molecule has 1 spiro atoms. The monoisotopic (exact) mass is 469 g/mol. The number of benzene rings is 3. The number of carbonyl (C=O) groups is 2. The van der Waals surface area contributed by atoms with E-state index >= 15 is 0 Å². The molecule has 1 atom stereocenters. The van der Waals surface area contributed by atoms with Gasteiger partial charge < -0.3 is 20.1 Å². The summed E-state index contributed by atoms with van der Waals surface area (Å²) in [5.74, 6) is -0.789. The van der Waals surface area contributed by atoms with Crippen molar-refractivity contribution < 1.29 is 32.2 Å². The van der Waals surface area contributed by atoms with Gasteiger partial charge in [-0.1, -0.05) is 24.3 Å². The quantitative estimate of drug-likeness (QED) is 0.586. The summed E-state index contributed by atoms with van der Waals surface area (Å²) < 4.78 is 52.0. The van der Waals surface area contributed by atoms with Gasteiger partial charge >= 0.3 is 6.18 Å². The van der Waals surface area contributed by atoms with Crippen LogP contribution in [-0.2, 0) is 16.6 Å². The molecule has 7 nitrogen and oxygen atoms in total. The number of anilines is 3. The van der Waals surface area contributed by atoms with Gasteiger partial charge in [0.25, 0.3) is 11.8 Å². The smallest absolute Gasteiger partial charge is 0.418 e. The van der Waals surface area contributed by atoms with Gasteiger partial charge in [0.2, 0.25) is 5.66 Å². The number of rotatable bonds is 3. The van der Waals surface area contributed by atoms with Gasteiger partial charge in [-0.2, -0.15) is 13.2 Å². The number of nitrogens with zero attached hydrogens (tertiary/aromatic N) is 1. The summed E-state index contributed by atoms with van der Waals surface area (Å²) in [5.41, 5.74) is -2.70. The number of ether oxygens (including phenoxy) is 2. The average Bonchev–Trinajstić information content (AvgIpc) is 3.09. The Bertz CT molecular complexity index is 1340. The third kappa shape index (κ3) is 2.91. The number of fused-ring (bicyclic) bond motifs is 3. The minimum Gasteiger partial charge on any atom is -0.497 e. The van der Waals surface area contributed by atoms with Gasteiger partial charge in [-0.15, -0.1) is 0 Å². The molecule has 2 aliphatic heterocycles. The highest BCUT2D eigenvalue weighted by molar-refractivity contribution is 6.22. The minimum atomic E-state index is -4.72. The van der Waals surface area contributed by atoms with Crippen molar-refractivity contribution >= 4 is 28.9 Å². The SMILES string of the molecule is COc1ccc(N2C(=O)c3ccccc3NC23C(=O)Nc2c(C(F)(F)F)cccc23)c(OC)c1. The molecule has 0 saturated heterocycles. The Hall–Kier alpha value is -4.21.